The van der Waals surface area contributed by atoms with Gasteiger partial charge in [0.05, 0.1) is 10.9 Å². The number of halogens is 2. The highest BCUT2D eigenvalue weighted by Crippen LogP contribution is 2.32. The summed E-state index contributed by atoms with van der Waals surface area (Å²) in [6.07, 6.45) is 0. The molecule has 6 heteroatoms. The summed E-state index contributed by atoms with van der Waals surface area (Å²) in [6.45, 7) is 4.57. The van der Waals surface area contributed by atoms with Gasteiger partial charge in [-0.3, -0.25) is 0 Å². The molecule has 0 saturated carbocycles. The fourth-order valence-electron chi connectivity index (χ4n) is 2.17. The first-order valence-electron chi connectivity index (χ1n) is 6.56. The third-order valence-electron chi connectivity index (χ3n) is 3.05. The molecule has 3 aromatic rings. The summed E-state index contributed by atoms with van der Waals surface area (Å²) >= 11 is 1.48. The quantitative estimate of drug-likeness (QED) is 0.780. The van der Waals surface area contributed by atoms with Gasteiger partial charge in [0.1, 0.15) is 22.3 Å². The number of fused-ring (bicyclic) bond motifs is 1. The molecule has 0 fully saturated rings. The molecule has 3 rings (SSSR count). The summed E-state index contributed by atoms with van der Waals surface area (Å²) in [7, 11) is 0. The van der Waals surface area contributed by atoms with Crippen LogP contribution in [0.5, 0.6) is 0 Å². The first-order chi connectivity index (χ1) is 10.1. The summed E-state index contributed by atoms with van der Waals surface area (Å²) in [6, 6.07) is 5.71. The fourth-order valence-corrected chi connectivity index (χ4v) is 3.05. The van der Waals surface area contributed by atoms with Crippen molar-refractivity contribution in [3.63, 3.8) is 0 Å². The number of hydrogen-bond donors (Lipinski definition) is 1. The van der Waals surface area contributed by atoms with Crippen molar-refractivity contribution in [2.75, 3.05) is 11.9 Å². The highest BCUT2D eigenvalue weighted by molar-refractivity contribution is 7.18. The SMILES string of the molecule is CCNc1nc(-c2c(F)cccc2F)nc2sc(C)cc12. The second kappa shape index (κ2) is 5.37. The standard InChI is InChI=1S/C15H13F2N3S/c1-3-18-13-9-7-8(2)21-15(9)20-14(19-13)12-10(16)5-4-6-11(12)17/h4-7H,3H2,1-2H3,(H,18,19,20). The number of hydrogen-bond acceptors (Lipinski definition) is 4. The molecule has 108 valence electrons. The fraction of sp³-hybridized carbons (Fsp3) is 0.200. The number of nitrogens with zero attached hydrogens (tertiary/aromatic N) is 2. The van der Waals surface area contributed by atoms with Crippen LogP contribution < -0.4 is 5.32 Å². The minimum Gasteiger partial charge on any atom is -0.370 e. The molecule has 0 saturated heterocycles. The van der Waals surface area contributed by atoms with Gasteiger partial charge in [0.2, 0.25) is 0 Å². The van der Waals surface area contributed by atoms with Crippen LogP contribution in [0.15, 0.2) is 24.3 Å². The Morgan fingerprint density at radius 2 is 1.90 bits per heavy atom. The van der Waals surface area contributed by atoms with Gasteiger partial charge in [-0.1, -0.05) is 6.07 Å². The molecule has 1 N–H and O–H groups in total. The molecule has 2 aromatic heterocycles. The number of rotatable bonds is 3. The first kappa shape index (κ1) is 13.9. The lowest BCUT2D eigenvalue weighted by molar-refractivity contribution is 0.587. The van der Waals surface area contributed by atoms with Crippen LogP contribution in [0, 0.1) is 18.6 Å². The van der Waals surface area contributed by atoms with E-state index in [1.165, 1.54) is 29.5 Å². The maximum absolute atomic E-state index is 13.9. The van der Waals surface area contributed by atoms with Crippen LogP contribution in [-0.2, 0) is 0 Å². The van der Waals surface area contributed by atoms with Gasteiger partial charge < -0.3 is 5.32 Å². The van der Waals surface area contributed by atoms with Crippen molar-refractivity contribution in [3.05, 3.63) is 40.8 Å². The van der Waals surface area contributed by atoms with E-state index in [1.54, 1.807) is 0 Å². The maximum Gasteiger partial charge on any atom is 0.169 e. The van der Waals surface area contributed by atoms with E-state index in [9.17, 15) is 8.78 Å². The van der Waals surface area contributed by atoms with Crippen LogP contribution in [0.1, 0.15) is 11.8 Å². The van der Waals surface area contributed by atoms with Gasteiger partial charge in [0, 0.05) is 11.4 Å². The van der Waals surface area contributed by atoms with E-state index in [-0.39, 0.29) is 11.4 Å². The minimum absolute atomic E-state index is 0.0656. The van der Waals surface area contributed by atoms with Crippen LogP contribution in [0.4, 0.5) is 14.6 Å². The number of thiophene rings is 1. The van der Waals surface area contributed by atoms with Gasteiger partial charge in [0.15, 0.2) is 5.82 Å². The minimum atomic E-state index is -0.662. The van der Waals surface area contributed by atoms with E-state index in [4.69, 9.17) is 0 Å². The average molecular weight is 305 g/mol. The molecule has 0 spiro atoms. The third kappa shape index (κ3) is 2.47. The Hall–Kier alpha value is -2.08. The monoisotopic (exact) mass is 305 g/mol. The zero-order valence-electron chi connectivity index (χ0n) is 11.6. The second-order valence-electron chi connectivity index (χ2n) is 4.60. The third-order valence-corrected chi connectivity index (χ3v) is 3.99. The van der Waals surface area contributed by atoms with Crippen molar-refractivity contribution < 1.29 is 8.78 Å². The molecule has 0 bridgehead atoms. The molecule has 1 aromatic carbocycles. The smallest absolute Gasteiger partial charge is 0.169 e. The Balaban J connectivity index is 2.28. The van der Waals surface area contributed by atoms with E-state index < -0.39 is 11.6 Å². The van der Waals surface area contributed by atoms with Crippen LogP contribution in [-0.4, -0.2) is 16.5 Å². The van der Waals surface area contributed by atoms with Gasteiger partial charge >= 0.3 is 0 Å². The Bertz CT molecular complexity index is 794. The Labute approximate surface area is 124 Å². The maximum atomic E-state index is 13.9. The molecule has 21 heavy (non-hydrogen) atoms. The molecule has 3 nitrogen and oxygen atoms in total. The van der Waals surface area contributed by atoms with Crippen molar-refractivity contribution in [1.29, 1.82) is 0 Å². The van der Waals surface area contributed by atoms with Crippen molar-refractivity contribution in [3.8, 4) is 11.4 Å². The molecule has 0 amide bonds. The van der Waals surface area contributed by atoms with Crippen LogP contribution in [0.25, 0.3) is 21.6 Å². The Morgan fingerprint density at radius 1 is 1.19 bits per heavy atom. The van der Waals surface area contributed by atoms with Gasteiger partial charge in [-0.25, -0.2) is 18.7 Å². The summed E-state index contributed by atoms with van der Waals surface area (Å²) in [5.74, 6) is -0.657. The molecule has 0 radical (unpaired) electrons. The molecular formula is C15H13F2N3S. The zero-order valence-corrected chi connectivity index (χ0v) is 12.4. The van der Waals surface area contributed by atoms with Crippen molar-refractivity contribution in [2.24, 2.45) is 0 Å². The lowest BCUT2D eigenvalue weighted by Crippen LogP contribution is -2.03. The summed E-state index contributed by atoms with van der Waals surface area (Å²) < 4.78 is 27.8. The van der Waals surface area contributed by atoms with Gasteiger partial charge in [0.25, 0.3) is 0 Å². The first-order valence-corrected chi connectivity index (χ1v) is 7.38. The predicted octanol–water partition coefficient (Wildman–Crippen LogP) is 4.38. The van der Waals surface area contributed by atoms with E-state index in [2.05, 4.69) is 15.3 Å². The van der Waals surface area contributed by atoms with E-state index in [1.807, 2.05) is 19.9 Å². The van der Waals surface area contributed by atoms with Crippen molar-refractivity contribution in [2.45, 2.75) is 13.8 Å². The van der Waals surface area contributed by atoms with Gasteiger partial charge in [-0.2, -0.15) is 0 Å². The van der Waals surface area contributed by atoms with Crippen LogP contribution in [0.3, 0.4) is 0 Å². The predicted molar refractivity (Wildman–Crippen MR) is 81.7 cm³/mol. The second-order valence-corrected chi connectivity index (χ2v) is 5.83. The van der Waals surface area contributed by atoms with E-state index in [0.29, 0.717) is 12.4 Å². The molecule has 0 aliphatic rings. The largest absolute Gasteiger partial charge is 0.370 e. The Morgan fingerprint density at radius 3 is 2.57 bits per heavy atom. The van der Waals surface area contributed by atoms with Crippen LogP contribution >= 0.6 is 11.3 Å². The van der Waals surface area contributed by atoms with E-state index >= 15 is 0 Å². The average Bonchev–Trinajstić information content (AvgIpc) is 2.79. The summed E-state index contributed by atoms with van der Waals surface area (Å²) in [5, 5.41) is 4.00. The molecule has 0 aliphatic carbocycles. The zero-order chi connectivity index (χ0) is 15.0. The lowest BCUT2D eigenvalue weighted by Gasteiger charge is -2.08. The number of benzene rings is 1. The Kier molecular flexibility index (Phi) is 3.55. The number of aromatic nitrogens is 2. The molecule has 0 atom stereocenters. The number of nitrogens with one attached hydrogen (secondary N) is 1. The summed E-state index contributed by atoms with van der Waals surface area (Å²) in [4.78, 5) is 10.4. The van der Waals surface area contributed by atoms with Crippen molar-refractivity contribution in [1.82, 2.24) is 9.97 Å². The summed E-state index contributed by atoms with van der Waals surface area (Å²) in [5.41, 5.74) is -0.190. The highest BCUT2D eigenvalue weighted by atomic mass is 32.1. The normalized spacial score (nSPS) is 11.0. The van der Waals surface area contributed by atoms with Gasteiger partial charge in [-0.15, -0.1) is 11.3 Å². The molecule has 2 heterocycles. The molecular weight excluding hydrogens is 292 g/mol. The topological polar surface area (TPSA) is 37.8 Å². The van der Waals surface area contributed by atoms with Crippen molar-refractivity contribution >= 4 is 27.4 Å². The molecule has 0 aliphatic heterocycles. The van der Waals surface area contributed by atoms with Crippen LogP contribution in [0.2, 0.25) is 0 Å². The lowest BCUT2D eigenvalue weighted by atomic mass is 10.2. The molecule has 0 unspecified atom stereocenters. The van der Waals surface area contributed by atoms with E-state index in [0.717, 1.165) is 15.1 Å². The number of aryl methyl sites for hydroxylation is 1. The highest BCUT2D eigenvalue weighted by Gasteiger charge is 2.17. The van der Waals surface area contributed by atoms with Gasteiger partial charge in [-0.05, 0) is 32.0 Å². The number of anilines is 1.